The van der Waals surface area contributed by atoms with Crippen molar-refractivity contribution in [3.05, 3.63) is 93.3 Å². The lowest BCUT2D eigenvalue weighted by Gasteiger charge is -2.14. The summed E-state index contributed by atoms with van der Waals surface area (Å²) in [4.78, 5) is 26.9. The van der Waals surface area contributed by atoms with E-state index in [1.165, 1.54) is 16.7 Å². The predicted octanol–water partition coefficient (Wildman–Crippen LogP) is 6.42. The summed E-state index contributed by atoms with van der Waals surface area (Å²) in [5, 5.41) is 3.64. The fraction of sp³-hybridized carbons (Fsp3) is 0.0417. The van der Waals surface area contributed by atoms with Gasteiger partial charge in [0.2, 0.25) is 0 Å². The highest BCUT2D eigenvalue weighted by molar-refractivity contribution is 8.27. The quantitative estimate of drug-likeness (QED) is 0.304. The molecular weight excluding hydrogens is 499 g/mol. The molecule has 0 spiro atoms. The molecule has 0 saturated carbocycles. The Bertz CT molecular complexity index is 1250. The number of halogens is 2. The zero-order chi connectivity index (χ0) is 23.4. The number of rotatable bonds is 6. The first-order valence-corrected chi connectivity index (χ1v) is 11.7. The van der Waals surface area contributed by atoms with Gasteiger partial charge in [-0.1, -0.05) is 71.4 Å². The Balaban J connectivity index is 1.42. The largest absolute Gasteiger partial charge is 0.482 e. The third-order valence-electron chi connectivity index (χ3n) is 4.55. The van der Waals surface area contributed by atoms with Gasteiger partial charge in [-0.15, -0.1) is 0 Å². The number of carbonyl (C=O) groups is 2. The van der Waals surface area contributed by atoms with Crippen molar-refractivity contribution in [3.8, 4) is 5.75 Å². The van der Waals surface area contributed by atoms with Crippen LogP contribution in [0.4, 0.5) is 11.4 Å². The minimum atomic E-state index is -0.299. The number of nitrogens with one attached hydrogen (secondary N) is 1. The first-order chi connectivity index (χ1) is 15.9. The zero-order valence-corrected chi connectivity index (χ0v) is 20.1. The van der Waals surface area contributed by atoms with Crippen LogP contribution in [0.25, 0.3) is 6.08 Å². The number of carbonyl (C=O) groups excluding carboxylic acids is 2. The van der Waals surface area contributed by atoms with Crippen LogP contribution in [0.3, 0.4) is 0 Å². The van der Waals surface area contributed by atoms with E-state index in [2.05, 4.69) is 5.32 Å². The number of hydrogen-bond acceptors (Lipinski definition) is 5. The van der Waals surface area contributed by atoms with Crippen LogP contribution in [-0.4, -0.2) is 22.7 Å². The van der Waals surface area contributed by atoms with Crippen LogP contribution < -0.4 is 15.0 Å². The first kappa shape index (κ1) is 23.3. The van der Waals surface area contributed by atoms with Gasteiger partial charge in [-0.3, -0.25) is 14.5 Å². The Morgan fingerprint density at radius 2 is 1.79 bits per heavy atom. The van der Waals surface area contributed by atoms with E-state index >= 15 is 0 Å². The molecule has 1 heterocycles. The van der Waals surface area contributed by atoms with Gasteiger partial charge in [0.05, 0.1) is 15.6 Å². The van der Waals surface area contributed by atoms with Crippen molar-refractivity contribution in [3.63, 3.8) is 0 Å². The molecule has 0 atom stereocenters. The molecule has 0 radical (unpaired) electrons. The molecule has 1 aliphatic heterocycles. The van der Waals surface area contributed by atoms with E-state index < -0.39 is 0 Å². The smallest absolute Gasteiger partial charge is 0.270 e. The zero-order valence-electron chi connectivity index (χ0n) is 17.0. The van der Waals surface area contributed by atoms with E-state index in [1.807, 2.05) is 18.2 Å². The van der Waals surface area contributed by atoms with Gasteiger partial charge in [-0.05, 0) is 60.2 Å². The molecule has 1 aliphatic rings. The highest BCUT2D eigenvalue weighted by Gasteiger charge is 2.33. The van der Waals surface area contributed by atoms with Gasteiger partial charge in [-0.25, -0.2) is 0 Å². The summed E-state index contributed by atoms with van der Waals surface area (Å²) >= 11 is 18.9. The normalized spacial score (nSPS) is 14.6. The molecule has 1 saturated heterocycles. The van der Waals surface area contributed by atoms with Gasteiger partial charge in [-0.2, -0.15) is 0 Å². The van der Waals surface area contributed by atoms with Crippen molar-refractivity contribution in [2.45, 2.75) is 0 Å². The number of ether oxygens (including phenoxy) is 1. The van der Waals surface area contributed by atoms with Crippen LogP contribution in [-0.2, 0) is 9.59 Å². The molecule has 0 aromatic heterocycles. The number of amides is 2. The van der Waals surface area contributed by atoms with Crippen LogP contribution >= 0.6 is 47.2 Å². The molecule has 166 valence electrons. The van der Waals surface area contributed by atoms with Crippen molar-refractivity contribution in [2.75, 3.05) is 16.8 Å². The maximum absolute atomic E-state index is 12.9. The highest BCUT2D eigenvalue weighted by Crippen LogP contribution is 2.37. The molecule has 0 aliphatic carbocycles. The van der Waals surface area contributed by atoms with Gasteiger partial charge < -0.3 is 10.1 Å². The van der Waals surface area contributed by atoms with Crippen molar-refractivity contribution >= 4 is 80.8 Å². The molecule has 9 heteroatoms. The summed E-state index contributed by atoms with van der Waals surface area (Å²) in [5.74, 6) is -0.153. The third kappa shape index (κ3) is 5.75. The SMILES string of the molecule is O=C(COc1ccc(/C=C2\SC(=S)N(c3ccc(Cl)cc3)C2=O)cc1Cl)Nc1ccccc1. The van der Waals surface area contributed by atoms with E-state index in [0.29, 0.717) is 42.0 Å². The summed E-state index contributed by atoms with van der Waals surface area (Å²) in [6, 6.07) is 21.1. The number of thiocarbonyl (C=S) groups is 1. The molecule has 5 nitrogen and oxygen atoms in total. The summed E-state index contributed by atoms with van der Waals surface area (Å²) in [5.41, 5.74) is 2.04. The maximum Gasteiger partial charge on any atom is 0.270 e. The van der Waals surface area contributed by atoms with E-state index in [1.54, 1.807) is 60.7 Å². The lowest BCUT2D eigenvalue weighted by molar-refractivity contribution is -0.118. The van der Waals surface area contributed by atoms with E-state index in [0.717, 1.165) is 0 Å². The van der Waals surface area contributed by atoms with Gasteiger partial charge in [0.1, 0.15) is 5.75 Å². The van der Waals surface area contributed by atoms with E-state index in [-0.39, 0.29) is 18.4 Å². The second kappa shape index (κ2) is 10.4. The number of anilines is 2. The molecule has 3 aromatic rings. The number of hydrogen-bond donors (Lipinski definition) is 1. The minimum Gasteiger partial charge on any atom is -0.482 e. The molecule has 2 amide bonds. The van der Waals surface area contributed by atoms with Gasteiger partial charge in [0, 0.05) is 10.7 Å². The van der Waals surface area contributed by atoms with Crippen molar-refractivity contribution < 1.29 is 14.3 Å². The molecular formula is C24H16Cl2N2O3S2. The van der Waals surface area contributed by atoms with Crippen molar-refractivity contribution in [2.24, 2.45) is 0 Å². The number of thioether (sulfide) groups is 1. The first-order valence-electron chi connectivity index (χ1n) is 9.71. The maximum atomic E-state index is 12.9. The summed E-state index contributed by atoms with van der Waals surface area (Å²) in [7, 11) is 0. The molecule has 3 aromatic carbocycles. The Labute approximate surface area is 210 Å². The highest BCUT2D eigenvalue weighted by atomic mass is 35.5. The second-order valence-corrected chi connectivity index (χ2v) is 9.41. The molecule has 1 fully saturated rings. The Kier molecular flexibility index (Phi) is 7.35. The van der Waals surface area contributed by atoms with E-state index in [4.69, 9.17) is 40.2 Å². The standard InChI is InChI=1S/C24H16Cl2N2O3S2/c25-16-7-9-18(10-8-16)28-23(30)21(33-24(28)32)13-15-6-11-20(19(26)12-15)31-14-22(29)27-17-4-2-1-3-5-17/h1-13H,14H2,(H,27,29)/b21-13-. The molecule has 4 rings (SSSR count). The lowest BCUT2D eigenvalue weighted by Crippen LogP contribution is -2.27. The third-order valence-corrected chi connectivity index (χ3v) is 6.40. The fourth-order valence-electron chi connectivity index (χ4n) is 3.02. The second-order valence-electron chi connectivity index (χ2n) is 6.89. The van der Waals surface area contributed by atoms with Gasteiger partial charge >= 0.3 is 0 Å². The summed E-state index contributed by atoms with van der Waals surface area (Å²) in [6.45, 7) is -0.187. The summed E-state index contributed by atoms with van der Waals surface area (Å²) in [6.07, 6.45) is 1.72. The van der Waals surface area contributed by atoms with Crippen LogP contribution in [0.2, 0.25) is 10.0 Å². The average molecular weight is 515 g/mol. The van der Waals surface area contributed by atoms with Gasteiger partial charge in [0.15, 0.2) is 10.9 Å². The Morgan fingerprint density at radius 1 is 1.06 bits per heavy atom. The number of benzene rings is 3. The predicted molar refractivity (Wildman–Crippen MR) is 139 cm³/mol. The molecule has 33 heavy (non-hydrogen) atoms. The Morgan fingerprint density at radius 3 is 2.48 bits per heavy atom. The Hall–Kier alpha value is -2.84. The minimum absolute atomic E-state index is 0.187. The summed E-state index contributed by atoms with van der Waals surface area (Å²) < 4.78 is 5.98. The lowest BCUT2D eigenvalue weighted by atomic mass is 10.2. The molecule has 1 N–H and O–H groups in total. The van der Waals surface area contributed by atoms with Crippen LogP contribution in [0.15, 0.2) is 77.7 Å². The molecule has 0 bridgehead atoms. The fourth-order valence-corrected chi connectivity index (χ4v) is 4.69. The van der Waals surface area contributed by atoms with Crippen LogP contribution in [0.1, 0.15) is 5.56 Å². The van der Waals surface area contributed by atoms with Crippen molar-refractivity contribution in [1.29, 1.82) is 0 Å². The monoisotopic (exact) mass is 514 g/mol. The van der Waals surface area contributed by atoms with E-state index in [9.17, 15) is 9.59 Å². The average Bonchev–Trinajstić information content (AvgIpc) is 3.07. The van der Waals surface area contributed by atoms with Crippen LogP contribution in [0.5, 0.6) is 5.75 Å². The number of para-hydroxylation sites is 1. The number of nitrogens with zero attached hydrogens (tertiary/aromatic N) is 1. The van der Waals surface area contributed by atoms with Crippen molar-refractivity contribution in [1.82, 2.24) is 0 Å². The molecule has 0 unspecified atom stereocenters. The van der Waals surface area contributed by atoms with Crippen LogP contribution in [0, 0.1) is 0 Å². The topological polar surface area (TPSA) is 58.6 Å². The van der Waals surface area contributed by atoms with Gasteiger partial charge in [0.25, 0.3) is 11.8 Å².